The van der Waals surface area contributed by atoms with Gasteiger partial charge in [0, 0.05) is 17.2 Å². The predicted molar refractivity (Wildman–Crippen MR) is 80.9 cm³/mol. The standard InChI is InChI=1S/C13H16Cl2FNO3S/c1-2-3-4-5-6-17-13(18)10-7-9(21(15,19)20)8-11(16)12(10)14/h7-8H,2-6H2,1H3,(H,17,18). The number of hydrogen-bond donors (Lipinski definition) is 1. The molecule has 0 saturated heterocycles. The number of halogens is 3. The maximum atomic E-state index is 13.6. The van der Waals surface area contributed by atoms with Crippen molar-refractivity contribution in [2.75, 3.05) is 6.54 Å². The van der Waals surface area contributed by atoms with Crippen LogP contribution in [0.5, 0.6) is 0 Å². The Balaban J connectivity index is 2.86. The van der Waals surface area contributed by atoms with Crippen molar-refractivity contribution in [2.45, 2.75) is 37.5 Å². The lowest BCUT2D eigenvalue weighted by molar-refractivity contribution is 0.0952. The maximum absolute atomic E-state index is 13.6. The van der Waals surface area contributed by atoms with Gasteiger partial charge in [0.25, 0.3) is 15.0 Å². The summed E-state index contributed by atoms with van der Waals surface area (Å²) in [6.45, 7) is 2.48. The van der Waals surface area contributed by atoms with Gasteiger partial charge in [0.1, 0.15) is 5.82 Å². The Bertz CT molecular complexity index is 620. The highest BCUT2D eigenvalue weighted by Crippen LogP contribution is 2.26. The Morgan fingerprint density at radius 1 is 1.29 bits per heavy atom. The van der Waals surface area contributed by atoms with Crippen LogP contribution < -0.4 is 5.32 Å². The van der Waals surface area contributed by atoms with E-state index in [0.717, 1.165) is 31.7 Å². The molecular formula is C13H16Cl2FNO3S. The molecule has 0 atom stereocenters. The second-order valence-corrected chi connectivity index (χ2v) is 7.46. The number of carbonyl (C=O) groups is 1. The molecule has 0 aromatic heterocycles. The van der Waals surface area contributed by atoms with Crippen LogP contribution in [0.25, 0.3) is 0 Å². The lowest BCUT2D eigenvalue weighted by Crippen LogP contribution is -2.25. The van der Waals surface area contributed by atoms with E-state index in [9.17, 15) is 17.6 Å². The molecule has 0 saturated carbocycles. The number of hydrogen-bond acceptors (Lipinski definition) is 3. The maximum Gasteiger partial charge on any atom is 0.261 e. The zero-order valence-electron chi connectivity index (χ0n) is 11.5. The van der Waals surface area contributed by atoms with Gasteiger partial charge in [-0.25, -0.2) is 12.8 Å². The van der Waals surface area contributed by atoms with Gasteiger partial charge in [0.2, 0.25) is 0 Å². The van der Waals surface area contributed by atoms with Crippen molar-refractivity contribution in [2.24, 2.45) is 0 Å². The number of unbranched alkanes of at least 4 members (excludes halogenated alkanes) is 3. The zero-order chi connectivity index (χ0) is 16.0. The van der Waals surface area contributed by atoms with Crippen LogP contribution in [-0.4, -0.2) is 20.9 Å². The van der Waals surface area contributed by atoms with Crippen LogP contribution >= 0.6 is 22.3 Å². The second-order valence-electron chi connectivity index (χ2n) is 4.52. The Hall–Kier alpha value is -0.850. The van der Waals surface area contributed by atoms with E-state index in [1.807, 2.05) is 0 Å². The molecule has 8 heteroatoms. The predicted octanol–water partition coefficient (Wildman–Crippen LogP) is 3.72. The van der Waals surface area contributed by atoms with Crippen molar-refractivity contribution in [3.63, 3.8) is 0 Å². The van der Waals surface area contributed by atoms with Crippen molar-refractivity contribution in [3.8, 4) is 0 Å². The molecule has 0 heterocycles. The van der Waals surface area contributed by atoms with Crippen LogP contribution in [0.3, 0.4) is 0 Å². The number of carbonyl (C=O) groups excluding carboxylic acids is 1. The van der Waals surface area contributed by atoms with Crippen molar-refractivity contribution < 1.29 is 17.6 Å². The molecule has 0 aliphatic heterocycles. The second kappa shape index (κ2) is 7.96. The van der Waals surface area contributed by atoms with Crippen LogP contribution in [0.4, 0.5) is 4.39 Å². The minimum Gasteiger partial charge on any atom is -0.352 e. The first-order chi connectivity index (χ1) is 9.77. The average molecular weight is 356 g/mol. The molecule has 0 unspecified atom stereocenters. The van der Waals surface area contributed by atoms with E-state index in [1.54, 1.807) is 0 Å². The molecule has 1 aromatic rings. The SMILES string of the molecule is CCCCCCNC(=O)c1cc(S(=O)(=O)Cl)cc(F)c1Cl. The number of amides is 1. The van der Waals surface area contributed by atoms with E-state index in [0.29, 0.717) is 12.6 Å². The Morgan fingerprint density at radius 2 is 1.95 bits per heavy atom. The molecule has 1 aromatic carbocycles. The fourth-order valence-electron chi connectivity index (χ4n) is 1.72. The molecule has 118 valence electrons. The number of nitrogens with one attached hydrogen (secondary N) is 1. The van der Waals surface area contributed by atoms with Gasteiger partial charge in [-0.3, -0.25) is 4.79 Å². The van der Waals surface area contributed by atoms with E-state index in [-0.39, 0.29) is 5.56 Å². The summed E-state index contributed by atoms with van der Waals surface area (Å²) in [5.74, 6) is -1.63. The van der Waals surface area contributed by atoms with Gasteiger partial charge < -0.3 is 5.32 Å². The minimum absolute atomic E-state index is 0.244. The topological polar surface area (TPSA) is 63.2 Å². The average Bonchev–Trinajstić information content (AvgIpc) is 2.40. The Labute approximate surface area is 133 Å². The normalized spacial score (nSPS) is 11.4. The van der Waals surface area contributed by atoms with E-state index in [1.165, 1.54) is 0 Å². The van der Waals surface area contributed by atoms with Crippen LogP contribution in [0.2, 0.25) is 5.02 Å². The van der Waals surface area contributed by atoms with Crippen molar-refractivity contribution >= 4 is 37.2 Å². The van der Waals surface area contributed by atoms with Gasteiger partial charge in [-0.2, -0.15) is 0 Å². The van der Waals surface area contributed by atoms with E-state index < -0.39 is 30.7 Å². The smallest absolute Gasteiger partial charge is 0.261 e. The quantitative estimate of drug-likeness (QED) is 0.598. The summed E-state index contributed by atoms with van der Waals surface area (Å²) < 4.78 is 36.0. The minimum atomic E-state index is -4.14. The van der Waals surface area contributed by atoms with Gasteiger partial charge in [-0.05, 0) is 18.6 Å². The summed E-state index contributed by atoms with van der Waals surface area (Å²) in [6, 6.07) is 1.65. The van der Waals surface area contributed by atoms with Gasteiger partial charge in [0.15, 0.2) is 0 Å². The fourth-order valence-corrected chi connectivity index (χ4v) is 2.68. The van der Waals surface area contributed by atoms with E-state index in [4.69, 9.17) is 22.3 Å². The fraction of sp³-hybridized carbons (Fsp3) is 0.462. The largest absolute Gasteiger partial charge is 0.352 e. The zero-order valence-corrected chi connectivity index (χ0v) is 13.8. The van der Waals surface area contributed by atoms with Gasteiger partial charge in [-0.15, -0.1) is 0 Å². The first-order valence-corrected chi connectivity index (χ1v) is 9.18. The summed E-state index contributed by atoms with van der Waals surface area (Å²) in [5.41, 5.74) is -0.244. The summed E-state index contributed by atoms with van der Waals surface area (Å²) in [6.07, 6.45) is 3.88. The molecule has 0 fully saturated rings. The number of rotatable bonds is 7. The summed E-state index contributed by atoms with van der Waals surface area (Å²) in [7, 11) is 1.01. The molecule has 0 aliphatic rings. The van der Waals surface area contributed by atoms with Crippen LogP contribution in [0.1, 0.15) is 43.0 Å². The summed E-state index contributed by atoms with van der Waals surface area (Å²) in [5, 5.41) is 2.15. The molecule has 0 aliphatic carbocycles. The Morgan fingerprint density at radius 3 is 2.52 bits per heavy atom. The third kappa shape index (κ3) is 5.45. The third-order valence-electron chi connectivity index (χ3n) is 2.84. The van der Waals surface area contributed by atoms with Crippen LogP contribution in [0, 0.1) is 5.82 Å². The summed E-state index contributed by atoms with van der Waals surface area (Å²) >= 11 is 5.70. The van der Waals surface area contributed by atoms with Crippen LogP contribution in [0.15, 0.2) is 17.0 Å². The molecular weight excluding hydrogens is 340 g/mol. The monoisotopic (exact) mass is 355 g/mol. The molecule has 1 rings (SSSR count). The molecule has 0 bridgehead atoms. The molecule has 4 nitrogen and oxygen atoms in total. The number of benzene rings is 1. The lowest BCUT2D eigenvalue weighted by Gasteiger charge is -2.08. The van der Waals surface area contributed by atoms with Gasteiger partial charge in [-0.1, -0.05) is 37.8 Å². The van der Waals surface area contributed by atoms with Crippen molar-refractivity contribution in [1.29, 1.82) is 0 Å². The van der Waals surface area contributed by atoms with E-state index in [2.05, 4.69) is 12.2 Å². The molecule has 0 radical (unpaired) electrons. The molecule has 21 heavy (non-hydrogen) atoms. The summed E-state index contributed by atoms with van der Waals surface area (Å²) in [4.78, 5) is 11.4. The highest BCUT2D eigenvalue weighted by Gasteiger charge is 2.20. The van der Waals surface area contributed by atoms with Crippen molar-refractivity contribution in [3.05, 3.63) is 28.5 Å². The first kappa shape index (κ1) is 18.2. The highest BCUT2D eigenvalue weighted by atomic mass is 35.7. The Kier molecular flexibility index (Phi) is 6.90. The molecule has 0 spiro atoms. The first-order valence-electron chi connectivity index (χ1n) is 6.49. The molecule has 1 amide bonds. The third-order valence-corrected chi connectivity index (χ3v) is 4.56. The van der Waals surface area contributed by atoms with Gasteiger partial charge in [0.05, 0.1) is 15.5 Å². The van der Waals surface area contributed by atoms with Gasteiger partial charge >= 0.3 is 0 Å². The van der Waals surface area contributed by atoms with Crippen molar-refractivity contribution in [1.82, 2.24) is 5.32 Å². The van der Waals surface area contributed by atoms with E-state index >= 15 is 0 Å². The molecule has 1 N–H and O–H groups in total. The van der Waals surface area contributed by atoms with Crippen LogP contribution in [-0.2, 0) is 9.05 Å². The highest BCUT2D eigenvalue weighted by molar-refractivity contribution is 8.13. The lowest BCUT2D eigenvalue weighted by atomic mass is 10.2.